The van der Waals surface area contributed by atoms with Crippen LogP contribution in [-0.4, -0.2) is 29.9 Å². The molecule has 0 radical (unpaired) electrons. The van der Waals surface area contributed by atoms with E-state index in [2.05, 4.69) is 10.6 Å². The molecular weight excluding hydrogens is 356 g/mol. The molecule has 2 atom stereocenters. The first-order valence-corrected chi connectivity index (χ1v) is 9.13. The lowest BCUT2D eigenvalue weighted by atomic mass is 10.1. The molecule has 2 rings (SSSR count). The van der Waals surface area contributed by atoms with Crippen molar-refractivity contribution in [3.05, 3.63) is 64.7 Å². The van der Waals surface area contributed by atoms with Crippen molar-refractivity contribution >= 4 is 23.5 Å². The second kappa shape index (κ2) is 9.17. The first-order valence-electron chi connectivity index (χ1n) is 9.13. The van der Waals surface area contributed by atoms with Gasteiger partial charge in [-0.2, -0.15) is 0 Å². The van der Waals surface area contributed by atoms with Crippen LogP contribution in [0.3, 0.4) is 0 Å². The molecule has 0 saturated heterocycles. The van der Waals surface area contributed by atoms with Crippen LogP contribution in [0.1, 0.15) is 40.9 Å². The van der Waals surface area contributed by atoms with Crippen molar-refractivity contribution in [2.24, 2.45) is 0 Å². The minimum Gasteiger partial charge on any atom is -0.451 e. The Hall–Kier alpha value is -3.15. The number of ether oxygens (including phenoxy) is 1. The summed E-state index contributed by atoms with van der Waals surface area (Å²) in [4.78, 5) is 36.8. The number of rotatable bonds is 6. The molecule has 0 aromatic heterocycles. The Morgan fingerprint density at radius 3 is 2.25 bits per heavy atom. The molecule has 2 amide bonds. The molecule has 0 saturated carbocycles. The Morgan fingerprint density at radius 1 is 0.929 bits per heavy atom. The van der Waals surface area contributed by atoms with Gasteiger partial charge in [0.2, 0.25) is 0 Å². The number of benzene rings is 2. The molecule has 0 aliphatic heterocycles. The van der Waals surface area contributed by atoms with Crippen LogP contribution in [0.25, 0.3) is 0 Å². The molecule has 0 bridgehead atoms. The minimum absolute atomic E-state index is 0.375. The van der Waals surface area contributed by atoms with Crippen LogP contribution in [0.4, 0.5) is 5.69 Å². The molecule has 0 spiro atoms. The van der Waals surface area contributed by atoms with Gasteiger partial charge < -0.3 is 15.4 Å². The quantitative estimate of drug-likeness (QED) is 0.751. The summed E-state index contributed by atoms with van der Waals surface area (Å²) < 4.78 is 5.20. The second-order valence-corrected chi connectivity index (χ2v) is 6.95. The van der Waals surface area contributed by atoms with Crippen LogP contribution in [0, 0.1) is 20.8 Å². The first kappa shape index (κ1) is 21.2. The van der Waals surface area contributed by atoms with Crippen molar-refractivity contribution in [2.75, 3.05) is 5.32 Å². The molecular formula is C22H26N2O4. The standard InChI is InChI=1S/C22H26N2O4/c1-13-7-6-8-18(12-13)21(26)23-16(4)22(27)28-17(5)20(25)24-19-10-9-14(2)11-15(19)3/h6-12,16-17H,1-5H3,(H,23,26)(H,24,25)/t16-,17-/m0/s1. The van der Waals surface area contributed by atoms with E-state index in [9.17, 15) is 14.4 Å². The third-order valence-electron chi connectivity index (χ3n) is 4.28. The number of nitrogens with one attached hydrogen (secondary N) is 2. The SMILES string of the molecule is Cc1cccc(C(=O)N[C@@H](C)C(=O)O[C@@H](C)C(=O)Nc2ccc(C)cc2C)c1. The number of anilines is 1. The van der Waals surface area contributed by atoms with Crippen LogP contribution in [0.15, 0.2) is 42.5 Å². The highest BCUT2D eigenvalue weighted by Crippen LogP contribution is 2.16. The van der Waals surface area contributed by atoms with Gasteiger partial charge in [-0.15, -0.1) is 0 Å². The summed E-state index contributed by atoms with van der Waals surface area (Å²) in [5, 5.41) is 5.34. The van der Waals surface area contributed by atoms with E-state index in [-0.39, 0.29) is 5.91 Å². The van der Waals surface area contributed by atoms with Crippen molar-refractivity contribution in [1.29, 1.82) is 0 Å². The summed E-state index contributed by atoms with van der Waals surface area (Å²) >= 11 is 0. The van der Waals surface area contributed by atoms with Crippen molar-refractivity contribution in [2.45, 2.75) is 46.8 Å². The van der Waals surface area contributed by atoms with E-state index < -0.39 is 24.0 Å². The van der Waals surface area contributed by atoms with Crippen molar-refractivity contribution in [3.8, 4) is 0 Å². The Bertz CT molecular complexity index is 892. The number of hydrogen-bond donors (Lipinski definition) is 2. The van der Waals surface area contributed by atoms with Gasteiger partial charge in [-0.3, -0.25) is 9.59 Å². The Kier molecular flexibility index (Phi) is 6.93. The molecule has 0 aliphatic rings. The molecule has 0 aliphatic carbocycles. The van der Waals surface area contributed by atoms with Crippen molar-refractivity contribution < 1.29 is 19.1 Å². The Morgan fingerprint density at radius 2 is 1.61 bits per heavy atom. The predicted molar refractivity (Wildman–Crippen MR) is 108 cm³/mol. The van der Waals surface area contributed by atoms with Gasteiger partial charge in [0.1, 0.15) is 6.04 Å². The highest BCUT2D eigenvalue weighted by atomic mass is 16.5. The highest BCUT2D eigenvalue weighted by molar-refractivity contribution is 5.98. The van der Waals surface area contributed by atoms with Gasteiger partial charge >= 0.3 is 5.97 Å². The zero-order valence-electron chi connectivity index (χ0n) is 16.8. The molecule has 2 N–H and O–H groups in total. The van der Waals surface area contributed by atoms with Gasteiger partial charge in [0.15, 0.2) is 6.10 Å². The largest absolute Gasteiger partial charge is 0.451 e. The fourth-order valence-electron chi connectivity index (χ4n) is 2.64. The monoisotopic (exact) mass is 382 g/mol. The average Bonchev–Trinajstić information content (AvgIpc) is 2.63. The smallest absolute Gasteiger partial charge is 0.329 e. The topological polar surface area (TPSA) is 84.5 Å². The average molecular weight is 382 g/mol. The summed E-state index contributed by atoms with van der Waals surface area (Å²) in [5.74, 6) is -1.48. The number of aryl methyl sites for hydroxylation is 3. The van der Waals surface area contributed by atoms with Crippen LogP contribution in [-0.2, 0) is 14.3 Å². The van der Waals surface area contributed by atoms with Gasteiger partial charge in [-0.05, 0) is 58.4 Å². The van der Waals surface area contributed by atoms with Crippen LogP contribution >= 0.6 is 0 Å². The minimum atomic E-state index is -0.994. The maximum Gasteiger partial charge on any atom is 0.329 e. The van der Waals surface area contributed by atoms with E-state index in [1.165, 1.54) is 13.8 Å². The molecule has 6 nitrogen and oxygen atoms in total. The van der Waals surface area contributed by atoms with Gasteiger partial charge in [0.05, 0.1) is 0 Å². The summed E-state index contributed by atoms with van der Waals surface area (Å²) in [6.45, 7) is 8.75. The first-order chi connectivity index (χ1) is 13.2. The van der Waals surface area contributed by atoms with E-state index in [0.717, 1.165) is 16.7 Å². The van der Waals surface area contributed by atoms with Crippen molar-refractivity contribution in [3.63, 3.8) is 0 Å². The molecule has 2 aromatic rings. The van der Waals surface area contributed by atoms with Crippen molar-refractivity contribution in [1.82, 2.24) is 5.32 Å². The lowest BCUT2D eigenvalue weighted by Crippen LogP contribution is -2.42. The zero-order valence-corrected chi connectivity index (χ0v) is 16.8. The van der Waals surface area contributed by atoms with Crippen LogP contribution in [0.5, 0.6) is 0 Å². The van der Waals surface area contributed by atoms with E-state index in [0.29, 0.717) is 11.3 Å². The molecule has 0 heterocycles. The molecule has 2 aromatic carbocycles. The highest BCUT2D eigenvalue weighted by Gasteiger charge is 2.24. The maximum absolute atomic E-state index is 12.3. The molecule has 0 unspecified atom stereocenters. The molecule has 0 fully saturated rings. The van der Waals surface area contributed by atoms with Crippen LogP contribution < -0.4 is 10.6 Å². The van der Waals surface area contributed by atoms with E-state index in [4.69, 9.17) is 4.74 Å². The fourth-order valence-corrected chi connectivity index (χ4v) is 2.64. The Labute approximate surface area is 165 Å². The number of esters is 1. The Balaban J connectivity index is 1.91. The summed E-state index contributed by atoms with van der Waals surface area (Å²) in [7, 11) is 0. The number of amides is 2. The number of hydrogen-bond acceptors (Lipinski definition) is 4. The normalized spacial score (nSPS) is 12.6. The number of carbonyl (C=O) groups is 3. The van der Waals surface area contributed by atoms with Gasteiger partial charge in [-0.25, -0.2) is 4.79 Å². The molecule has 148 valence electrons. The summed E-state index contributed by atoms with van der Waals surface area (Å²) in [6.07, 6.45) is -0.994. The van der Waals surface area contributed by atoms with Gasteiger partial charge in [0.25, 0.3) is 11.8 Å². The van der Waals surface area contributed by atoms with E-state index in [1.807, 2.05) is 45.0 Å². The van der Waals surface area contributed by atoms with E-state index >= 15 is 0 Å². The zero-order chi connectivity index (χ0) is 20.8. The van der Waals surface area contributed by atoms with E-state index in [1.54, 1.807) is 18.2 Å². The third kappa shape index (κ3) is 5.67. The van der Waals surface area contributed by atoms with Crippen LogP contribution in [0.2, 0.25) is 0 Å². The predicted octanol–water partition coefficient (Wildman–Crippen LogP) is 3.30. The fraction of sp³-hybridized carbons (Fsp3) is 0.318. The summed E-state index contributed by atoms with van der Waals surface area (Å²) in [6, 6.07) is 11.8. The third-order valence-corrected chi connectivity index (χ3v) is 4.28. The summed E-state index contributed by atoms with van der Waals surface area (Å²) in [5.41, 5.74) is 4.08. The van der Waals surface area contributed by atoms with Gasteiger partial charge in [-0.1, -0.05) is 35.4 Å². The molecule has 6 heteroatoms. The lowest BCUT2D eigenvalue weighted by Gasteiger charge is -2.18. The molecule has 28 heavy (non-hydrogen) atoms. The number of carbonyl (C=O) groups excluding carboxylic acids is 3. The maximum atomic E-state index is 12.3. The van der Waals surface area contributed by atoms with Gasteiger partial charge in [0, 0.05) is 11.3 Å². The second-order valence-electron chi connectivity index (χ2n) is 6.95. The lowest BCUT2D eigenvalue weighted by molar-refractivity contribution is -0.154.